The summed E-state index contributed by atoms with van der Waals surface area (Å²) in [5, 5.41) is 0. The zero-order chi connectivity index (χ0) is 33.4. The van der Waals surface area contributed by atoms with Gasteiger partial charge in [0.1, 0.15) is 12.2 Å². The van der Waals surface area contributed by atoms with Gasteiger partial charge >= 0.3 is 5.97 Å². The molecule has 2 aromatic carbocycles. The molecule has 4 nitrogen and oxygen atoms in total. The molecule has 0 unspecified atom stereocenters. The van der Waals surface area contributed by atoms with Gasteiger partial charge in [0.05, 0.1) is 11.5 Å². The molecule has 0 radical (unpaired) electrons. The van der Waals surface area contributed by atoms with Gasteiger partial charge in [-0.1, -0.05) is 123 Å². The molecule has 4 heteroatoms. The minimum absolute atomic E-state index is 0.0380. The van der Waals surface area contributed by atoms with Crippen LogP contribution in [-0.4, -0.2) is 30.1 Å². The van der Waals surface area contributed by atoms with Crippen molar-refractivity contribution in [3.63, 3.8) is 0 Å². The molecule has 1 saturated carbocycles. The van der Waals surface area contributed by atoms with Crippen molar-refractivity contribution in [2.24, 2.45) is 28.1 Å². The van der Waals surface area contributed by atoms with E-state index < -0.39 is 22.3 Å². The smallest absolute Gasteiger partial charge is 0.316 e. The van der Waals surface area contributed by atoms with Gasteiger partial charge < -0.3 is 9.47 Å². The molecule has 7 rings (SSSR count). The van der Waals surface area contributed by atoms with Crippen LogP contribution in [0.3, 0.4) is 0 Å². The molecule has 0 N–H and O–H groups in total. The lowest BCUT2D eigenvalue weighted by Gasteiger charge is -2.59. The Labute approximate surface area is 276 Å². The van der Waals surface area contributed by atoms with Crippen LogP contribution in [0.5, 0.6) is 0 Å². The van der Waals surface area contributed by atoms with Crippen LogP contribution in [0.15, 0.2) is 65.8 Å². The summed E-state index contributed by atoms with van der Waals surface area (Å²) in [5.74, 6) is -0.0167. The fourth-order valence-corrected chi connectivity index (χ4v) is 10.7. The number of benzene rings is 2. The lowest BCUT2D eigenvalue weighted by molar-refractivity contribution is -0.186. The van der Waals surface area contributed by atoms with E-state index in [1.807, 2.05) is 13.0 Å². The second-order valence-corrected chi connectivity index (χ2v) is 17.7. The maximum absolute atomic E-state index is 13.9. The predicted molar refractivity (Wildman–Crippen MR) is 184 cm³/mol. The number of ether oxygens (including phenoxy) is 2. The molecule has 2 aliphatic heterocycles. The molecular weight excluding hydrogens is 568 g/mol. The van der Waals surface area contributed by atoms with Crippen LogP contribution in [0.25, 0.3) is 11.1 Å². The van der Waals surface area contributed by atoms with Crippen molar-refractivity contribution in [2.45, 2.75) is 124 Å². The van der Waals surface area contributed by atoms with Crippen molar-refractivity contribution in [3.8, 4) is 11.1 Å². The number of carbonyl (C=O) groups excluding carboxylic acids is 2. The molecule has 244 valence electrons. The minimum Gasteiger partial charge on any atom is -0.459 e. The Balaban J connectivity index is 1.26. The van der Waals surface area contributed by atoms with Gasteiger partial charge in [-0.2, -0.15) is 0 Å². The summed E-state index contributed by atoms with van der Waals surface area (Å²) in [5.41, 5.74) is 7.48. The molecule has 0 amide bonds. The number of hydrogen-bond donors (Lipinski definition) is 0. The summed E-state index contributed by atoms with van der Waals surface area (Å²) in [6, 6.07) is 16.3. The molecular formula is C42H52O4. The summed E-state index contributed by atoms with van der Waals surface area (Å²) in [7, 11) is 0. The minimum atomic E-state index is -0.795. The van der Waals surface area contributed by atoms with Gasteiger partial charge in [-0.15, -0.1) is 0 Å². The zero-order valence-electron chi connectivity index (χ0n) is 29.7. The molecule has 0 aromatic heterocycles. The Kier molecular flexibility index (Phi) is 6.72. The summed E-state index contributed by atoms with van der Waals surface area (Å²) in [6.07, 6.45) is 4.49. The van der Waals surface area contributed by atoms with Crippen LogP contribution < -0.4 is 0 Å². The Morgan fingerprint density at radius 2 is 1.46 bits per heavy atom. The molecule has 3 fully saturated rings. The first kappa shape index (κ1) is 31.6. The van der Waals surface area contributed by atoms with E-state index in [0.717, 1.165) is 12.8 Å². The van der Waals surface area contributed by atoms with E-state index in [9.17, 15) is 9.59 Å². The predicted octanol–water partition coefficient (Wildman–Crippen LogP) is 9.26. The topological polar surface area (TPSA) is 52.6 Å². The third kappa shape index (κ3) is 4.07. The summed E-state index contributed by atoms with van der Waals surface area (Å²) < 4.78 is 13.2. The standard InChI is InChI=1S/C42H52O4/c1-12-31-41(10)32(43)17-18-40(9)35(41)34(46-37(40)44)36-42(31,11)33-23(2)29(22-30(33)45-36)25-15-13-24(14-16-25)26-19-27(38(3,4)5)21-28(20-26)39(6,7)8/h13-21,29-31,34-36H,12,22H2,1-11H3/t29-,30+,31+,34+,35-,36+,40+,41-,42+/m0/s1. The highest BCUT2D eigenvalue weighted by molar-refractivity contribution is 6.00. The summed E-state index contributed by atoms with van der Waals surface area (Å²) >= 11 is 0. The van der Waals surface area contributed by atoms with Crippen LogP contribution in [-0.2, 0) is 29.9 Å². The second-order valence-electron chi connectivity index (χ2n) is 17.7. The van der Waals surface area contributed by atoms with Crippen molar-refractivity contribution in [3.05, 3.63) is 82.5 Å². The van der Waals surface area contributed by atoms with E-state index in [0.29, 0.717) is 0 Å². The third-order valence-electron chi connectivity index (χ3n) is 13.1. The summed E-state index contributed by atoms with van der Waals surface area (Å²) in [6.45, 7) is 24.6. The largest absolute Gasteiger partial charge is 0.459 e. The number of hydrogen-bond acceptors (Lipinski definition) is 4. The van der Waals surface area contributed by atoms with Crippen LogP contribution >= 0.6 is 0 Å². The highest BCUT2D eigenvalue weighted by Crippen LogP contribution is 2.72. The van der Waals surface area contributed by atoms with E-state index in [1.165, 1.54) is 39.0 Å². The molecule has 2 heterocycles. The molecule has 0 bridgehead atoms. The van der Waals surface area contributed by atoms with Gasteiger partial charge in [0.25, 0.3) is 0 Å². The van der Waals surface area contributed by atoms with E-state index in [4.69, 9.17) is 9.47 Å². The molecule has 46 heavy (non-hydrogen) atoms. The third-order valence-corrected chi connectivity index (χ3v) is 13.1. The number of rotatable bonds is 3. The van der Waals surface area contributed by atoms with Crippen molar-refractivity contribution in [2.75, 3.05) is 0 Å². The van der Waals surface area contributed by atoms with Crippen LogP contribution in [0.2, 0.25) is 0 Å². The van der Waals surface area contributed by atoms with E-state index in [2.05, 4.69) is 112 Å². The number of ketones is 1. The van der Waals surface area contributed by atoms with Gasteiger partial charge in [-0.3, -0.25) is 9.59 Å². The average Bonchev–Trinajstić information content (AvgIpc) is 3.57. The maximum Gasteiger partial charge on any atom is 0.316 e. The SMILES string of the molecule is CC[C@H]1[C@]2(C)C3=C(C)[C@@H](c4ccc(-c5cc(C(C)(C)C)cc(C(C)(C)C)c5)cc4)C[C@H]3O[C@@H]2[C@@H]2OC(=O)[C@]3(C)C=CC(=O)[C@@]1(C)[C@@H]23. The van der Waals surface area contributed by atoms with Gasteiger partial charge in [0.15, 0.2) is 5.78 Å². The zero-order valence-corrected chi connectivity index (χ0v) is 29.7. The first-order chi connectivity index (χ1) is 21.4. The molecule has 0 spiro atoms. The Morgan fingerprint density at radius 3 is 2.02 bits per heavy atom. The molecule has 2 aromatic rings. The Morgan fingerprint density at radius 1 is 0.848 bits per heavy atom. The van der Waals surface area contributed by atoms with Crippen LogP contribution in [0.1, 0.15) is 112 Å². The van der Waals surface area contributed by atoms with Gasteiger partial charge in [-0.25, -0.2) is 0 Å². The van der Waals surface area contributed by atoms with Crippen molar-refractivity contribution in [1.82, 2.24) is 0 Å². The van der Waals surface area contributed by atoms with Crippen molar-refractivity contribution >= 4 is 11.8 Å². The number of fused-ring (bicyclic) bond motifs is 4. The number of esters is 1. The fraction of sp³-hybridized carbons (Fsp3) is 0.571. The van der Waals surface area contributed by atoms with Gasteiger partial charge in [-0.05, 0) is 76.5 Å². The summed E-state index contributed by atoms with van der Waals surface area (Å²) in [4.78, 5) is 27.2. The number of allylic oxidation sites excluding steroid dienone is 2. The van der Waals surface area contributed by atoms with Crippen molar-refractivity contribution < 1.29 is 19.1 Å². The van der Waals surface area contributed by atoms with Gasteiger partial charge in [0.2, 0.25) is 0 Å². The average molecular weight is 621 g/mol. The lowest BCUT2D eigenvalue weighted by atomic mass is 9.42. The lowest BCUT2D eigenvalue weighted by Crippen LogP contribution is -2.65. The van der Waals surface area contributed by atoms with Gasteiger partial charge in [0, 0.05) is 22.7 Å². The number of carbonyl (C=O) groups is 2. The van der Waals surface area contributed by atoms with Crippen LogP contribution in [0.4, 0.5) is 0 Å². The normalized spacial score (nSPS) is 38.2. The van der Waals surface area contributed by atoms with E-state index in [1.54, 1.807) is 6.08 Å². The second kappa shape index (κ2) is 9.78. The van der Waals surface area contributed by atoms with E-state index >= 15 is 0 Å². The maximum atomic E-state index is 13.9. The monoisotopic (exact) mass is 620 g/mol. The first-order valence-electron chi connectivity index (χ1n) is 17.4. The quantitative estimate of drug-likeness (QED) is 0.254. The molecule has 3 aliphatic carbocycles. The Hall–Kier alpha value is -2.98. The highest BCUT2D eigenvalue weighted by Gasteiger charge is 2.77. The Bertz CT molecular complexity index is 1660. The van der Waals surface area contributed by atoms with Crippen LogP contribution in [0, 0.1) is 28.1 Å². The fourth-order valence-electron chi connectivity index (χ4n) is 10.7. The van der Waals surface area contributed by atoms with E-state index in [-0.39, 0.29) is 52.5 Å². The molecule has 5 aliphatic rings. The molecule has 2 saturated heterocycles. The van der Waals surface area contributed by atoms with Crippen molar-refractivity contribution in [1.29, 1.82) is 0 Å². The first-order valence-corrected chi connectivity index (χ1v) is 17.4. The molecule has 9 atom stereocenters. The highest BCUT2D eigenvalue weighted by atomic mass is 16.6.